The molecule has 2 aromatic carbocycles. The molecule has 168 valence electrons. The smallest absolute Gasteiger partial charge is 0.338 e. The van der Waals surface area contributed by atoms with Crippen LogP contribution in [0, 0.1) is 5.92 Å². The molecule has 0 unspecified atom stereocenters. The molecular formula is C25H33ClN2O3. The largest absolute Gasteiger partial charge is 0.462 e. The van der Waals surface area contributed by atoms with Crippen LogP contribution in [0.15, 0.2) is 42.5 Å². The van der Waals surface area contributed by atoms with Crippen molar-refractivity contribution in [3.05, 3.63) is 64.2 Å². The van der Waals surface area contributed by atoms with Crippen molar-refractivity contribution in [2.45, 2.75) is 40.5 Å². The normalized spacial score (nSPS) is 10.8. The number of ether oxygens (including phenoxy) is 1. The van der Waals surface area contributed by atoms with E-state index in [1.807, 2.05) is 24.3 Å². The van der Waals surface area contributed by atoms with E-state index in [0.717, 1.165) is 30.8 Å². The van der Waals surface area contributed by atoms with Gasteiger partial charge in [0.05, 0.1) is 17.7 Å². The topological polar surface area (TPSA) is 58.6 Å². The second-order valence-corrected chi connectivity index (χ2v) is 8.36. The molecule has 6 heteroatoms. The van der Waals surface area contributed by atoms with Crippen molar-refractivity contribution >= 4 is 29.2 Å². The Bertz CT molecular complexity index is 866. The van der Waals surface area contributed by atoms with Crippen LogP contribution in [0.2, 0.25) is 5.02 Å². The van der Waals surface area contributed by atoms with Crippen LogP contribution < -0.4 is 10.2 Å². The van der Waals surface area contributed by atoms with Crippen molar-refractivity contribution in [3.8, 4) is 0 Å². The first-order chi connectivity index (χ1) is 14.8. The quantitative estimate of drug-likeness (QED) is 0.474. The Balaban J connectivity index is 2.05. The fourth-order valence-electron chi connectivity index (χ4n) is 3.42. The molecule has 0 radical (unpaired) electrons. The van der Waals surface area contributed by atoms with Gasteiger partial charge in [-0.05, 0) is 61.6 Å². The van der Waals surface area contributed by atoms with Gasteiger partial charge in [0.15, 0.2) is 0 Å². The monoisotopic (exact) mass is 444 g/mol. The molecule has 5 nitrogen and oxygen atoms in total. The Kier molecular flexibility index (Phi) is 9.86. The molecule has 2 rings (SSSR count). The lowest BCUT2D eigenvalue weighted by Gasteiger charge is -2.28. The Labute approximate surface area is 190 Å². The number of nitrogens with one attached hydrogen (secondary N) is 1. The van der Waals surface area contributed by atoms with E-state index in [2.05, 4.69) is 31.0 Å². The number of hydrogen-bond acceptors (Lipinski definition) is 4. The fraction of sp³-hybridized carbons (Fsp3) is 0.440. The van der Waals surface area contributed by atoms with Crippen molar-refractivity contribution < 1.29 is 14.3 Å². The number of benzene rings is 2. The van der Waals surface area contributed by atoms with Crippen molar-refractivity contribution in [1.29, 1.82) is 0 Å². The summed E-state index contributed by atoms with van der Waals surface area (Å²) < 4.78 is 5.00. The first-order valence-electron chi connectivity index (χ1n) is 10.9. The van der Waals surface area contributed by atoms with Crippen LogP contribution in [-0.4, -0.2) is 38.1 Å². The van der Waals surface area contributed by atoms with E-state index in [-0.39, 0.29) is 11.9 Å². The number of anilines is 1. The molecular weight excluding hydrogens is 412 g/mol. The molecule has 0 aliphatic heterocycles. The highest BCUT2D eigenvalue weighted by Crippen LogP contribution is 2.25. The summed E-state index contributed by atoms with van der Waals surface area (Å²) in [7, 11) is 0. The molecule has 0 aliphatic carbocycles. The van der Waals surface area contributed by atoms with Crippen LogP contribution in [0.5, 0.6) is 0 Å². The summed E-state index contributed by atoms with van der Waals surface area (Å²) >= 11 is 6.20. The van der Waals surface area contributed by atoms with Gasteiger partial charge in [-0.25, -0.2) is 4.79 Å². The predicted octanol–water partition coefficient (Wildman–Crippen LogP) is 5.36. The van der Waals surface area contributed by atoms with E-state index in [0.29, 0.717) is 41.6 Å². The summed E-state index contributed by atoms with van der Waals surface area (Å²) in [6.07, 6.45) is 1.66. The van der Waals surface area contributed by atoms with Gasteiger partial charge in [-0.3, -0.25) is 4.79 Å². The van der Waals surface area contributed by atoms with E-state index in [9.17, 15) is 9.59 Å². The Morgan fingerprint density at radius 1 is 1.10 bits per heavy atom. The molecule has 0 spiro atoms. The Morgan fingerprint density at radius 2 is 1.81 bits per heavy atom. The highest BCUT2D eigenvalue weighted by atomic mass is 35.5. The summed E-state index contributed by atoms with van der Waals surface area (Å²) in [4.78, 5) is 27.0. The second kappa shape index (κ2) is 12.4. The maximum absolute atomic E-state index is 13.0. The SMILES string of the molecule is CCCN(CC(C)C)c1ccc(Cl)cc1C(=O)NCCc1ccc(C(=O)OCC)cc1. The second-order valence-electron chi connectivity index (χ2n) is 7.92. The molecule has 31 heavy (non-hydrogen) atoms. The summed E-state index contributed by atoms with van der Waals surface area (Å²) in [6.45, 7) is 10.9. The molecule has 0 aliphatic rings. The number of halogens is 1. The Hall–Kier alpha value is -2.53. The van der Waals surface area contributed by atoms with Crippen LogP contribution in [0.1, 0.15) is 60.4 Å². The molecule has 0 aromatic heterocycles. The summed E-state index contributed by atoms with van der Waals surface area (Å²) in [5.74, 6) is 0.0232. The Morgan fingerprint density at radius 3 is 2.42 bits per heavy atom. The first kappa shape index (κ1) is 24.7. The zero-order valence-corrected chi connectivity index (χ0v) is 19.7. The molecule has 0 fully saturated rings. The van der Waals surface area contributed by atoms with E-state index >= 15 is 0 Å². The number of nitrogens with zero attached hydrogens (tertiary/aromatic N) is 1. The van der Waals surface area contributed by atoms with Gasteiger partial charge in [-0.1, -0.05) is 44.5 Å². The van der Waals surface area contributed by atoms with Gasteiger partial charge < -0.3 is 15.0 Å². The molecule has 0 bridgehead atoms. The van der Waals surface area contributed by atoms with Crippen LogP contribution in [0.4, 0.5) is 5.69 Å². The number of carbonyl (C=O) groups is 2. The lowest BCUT2D eigenvalue weighted by molar-refractivity contribution is 0.0526. The van der Waals surface area contributed by atoms with Gasteiger partial charge in [0, 0.05) is 30.3 Å². The van der Waals surface area contributed by atoms with Crippen LogP contribution in [0.3, 0.4) is 0 Å². The van der Waals surface area contributed by atoms with Gasteiger partial charge in [0.1, 0.15) is 0 Å². The maximum Gasteiger partial charge on any atom is 0.338 e. The van der Waals surface area contributed by atoms with Crippen LogP contribution >= 0.6 is 11.6 Å². The first-order valence-corrected chi connectivity index (χ1v) is 11.3. The van der Waals surface area contributed by atoms with Crippen LogP contribution in [0.25, 0.3) is 0 Å². The van der Waals surface area contributed by atoms with Crippen molar-refractivity contribution in [2.24, 2.45) is 5.92 Å². The number of rotatable bonds is 11. The van der Waals surface area contributed by atoms with Gasteiger partial charge in [0.25, 0.3) is 5.91 Å². The van der Waals surface area contributed by atoms with E-state index < -0.39 is 0 Å². The molecule has 0 saturated heterocycles. The predicted molar refractivity (Wildman–Crippen MR) is 127 cm³/mol. The van der Waals surface area contributed by atoms with Crippen molar-refractivity contribution in [2.75, 3.05) is 31.1 Å². The average Bonchev–Trinajstić information content (AvgIpc) is 2.73. The molecule has 0 saturated carbocycles. The number of hydrogen-bond donors (Lipinski definition) is 1. The minimum atomic E-state index is -0.325. The lowest BCUT2D eigenvalue weighted by atomic mass is 10.1. The third kappa shape index (κ3) is 7.59. The van der Waals surface area contributed by atoms with Crippen molar-refractivity contribution in [1.82, 2.24) is 5.32 Å². The standard InChI is InChI=1S/C25H33ClN2O3/c1-5-15-28(17-18(3)4)23-12-11-21(26)16-22(23)24(29)27-14-13-19-7-9-20(10-8-19)25(30)31-6-2/h7-12,16,18H,5-6,13-15,17H2,1-4H3,(H,27,29). The summed E-state index contributed by atoms with van der Waals surface area (Å²) in [5, 5.41) is 3.55. The van der Waals surface area contributed by atoms with Crippen molar-refractivity contribution in [3.63, 3.8) is 0 Å². The summed E-state index contributed by atoms with van der Waals surface area (Å²) in [6, 6.07) is 12.8. The van der Waals surface area contributed by atoms with Gasteiger partial charge >= 0.3 is 5.97 Å². The van der Waals surface area contributed by atoms with E-state index in [4.69, 9.17) is 16.3 Å². The molecule has 1 amide bonds. The van der Waals surface area contributed by atoms with E-state index in [1.54, 1.807) is 25.1 Å². The average molecular weight is 445 g/mol. The molecule has 1 N–H and O–H groups in total. The minimum Gasteiger partial charge on any atom is -0.462 e. The minimum absolute atomic E-state index is 0.134. The zero-order chi connectivity index (χ0) is 22.8. The number of carbonyl (C=O) groups excluding carboxylic acids is 2. The lowest BCUT2D eigenvalue weighted by Crippen LogP contribution is -2.32. The molecule has 0 heterocycles. The fourth-order valence-corrected chi connectivity index (χ4v) is 3.60. The van der Waals surface area contributed by atoms with Gasteiger partial charge in [-0.2, -0.15) is 0 Å². The number of esters is 1. The van der Waals surface area contributed by atoms with Crippen LogP contribution in [-0.2, 0) is 11.2 Å². The van der Waals surface area contributed by atoms with E-state index in [1.165, 1.54) is 0 Å². The highest BCUT2D eigenvalue weighted by Gasteiger charge is 2.18. The maximum atomic E-state index is 13.0. The molecule has 0 atom stereocenters. The number of amides is 1. The molecule has 2 aromatic rings. The van der Waals surface area contributed by atoms with Gasteiger partial charge in [-0.15, -0.1) is 0 Å². The zero-order valence-electron chi connectivity index (χ0n) is 18.9. The highest BCUT2D eigenvalue weighted by molar-refractivity contribution is 6.31. The third-order valence-electron chi connectivity index (χ3n) is 4.79. The van der Waals surface area contributed by atoms with Gasteiger partial charge in [0.2, 0.25) is 0 Å². The summed E-state index contributed by atoms with van der Waals surface area (Å²) in [5.41, 5.74) is 3.07. The third-order valence-corrected chi connectivity index (χ3v) is 5.02.